The van der Waals surface area contributed by atoms with Crippen molar-refractivity contribution in [1.82, 2.24) is 16.0 Å². The van der Waals surface area contributed by atoms with Crippen LogP contribution in [-0.4, -0.2) is 38.5 Å². The third kappa shape index (κ3) is 7.33. The van der Waals surface area contributed by atoms with Gasteiger partial charge in [0, 0.05) is 33.1 Å². The molecule has 0 aromatic carbocycles. The monoisotopic (exact) mass is 410 g/mol. The molecular weight excluding hydrogens is 379 g/mol. The zero-order chi connectivity index (χ0) is 14.8. The van der Waals surface area contributed by atoms with Crippen LogP contribution in [0.15, 0.2) is 4.99 Å². The topological polar surface area (TPSA) is 65.5 Å². The molecule has 124 valence electrons. The zero-order valence-corrected chi connectivity index (χ0v) is 16.0. The van der Waals surface area contributed by atoms with E-state index in [-0.39, 0.29) is 29.9 Å². The average Bonchev–Trinajstić information content (AvgIpc) is 2.42. The maximum Gasteiger partial charge on any atom is 0.221 e. The molecule has 0 saturated heterocycles. The fraction of sp³-hybridized carbons (Fsp3) is 0.867. The van der Waals surface area contributed by atoms with Gasteiger partial charge in [-0.1, -0.05) is 20.3 Å². The van der Waals surface area contributed by atoms with Crippen LogP contribution in [0.5, 0.6) is 0 Å². The first-order valence-electron chi connectivity index (χ1n) is 7.87. The van der Waals surface area contributed by atoms with Crippen molar-refractivity contribution in [3.05, 3.63) is 0 Å². The number of carbonyl (C=O) groups is 1. The summed E-state index contributed by atoms with van der Waals surface area (Å²) in [6.07, 6.45) is 6.65. The lowest BCUT2D eigenvalue weighted by atomic mass is 9.67. The highest BCUT2D eigenvalue weighted by molar-refractivity contribution is 14.0. The van der Waals surface area contributed by atoms with Crippen LogP contribution in [0.1, 0.15) is 52.4 Å². The first kappa shape index (κ1) is 20.5. The zero-order valence-electron chi connectivity index (χ0n) is 13.6. The van der Waals surface area contributed by atoms with Crippen molar-refractivity contribution in [1.29, 1.82) is 0 Å². The Kier molecular flexibility index (Phi) is 10.8. The number of guanidine groups is 1. The Morgan fingerprint density at radius 3 is 2.33 bits per heavy atom. The van der Waals surface area contributed by atoms with Crippen LogP contribution in [0.2, 0.25) is 0 Å². The first-order valence-corrected chi connectivity index (χ1v) is 7.87. The Balaban J connectivity index is 0.00000400. The molecule has 0 heterocycles. The van der Waals surface area contributed by atoms with Crippen molar-refractivity contribution in [3.8, 4) is 0 Å². The number of nitrogens with zero attached hydrogens (tertiary/aromatic N) is 1. The number of rotatable bonds is 8. The number of amides is 1. The Labute approximate surface area is 146 Å². The summed E-state index contributed by atoms with van der Waals surface area (Å²) in [6, 6.07) is 0. The Hall–Kier alpha value is -0.530. The molecule has 1 rings (SSSR count). The smallest absolute Gasteiger partial charge is 0.221 e. The second-order valence-corrected chi connectivity index (χ2v) is 5.66. The van der Waals surface area contributed by atoms with Gasteiger partial charge in [-0.05, 0) is 31.1 Å². The van der Waals surface area contributed by atoms with Crippen molar-refractivity contribution in [3.63, 3.8) is 0 Å². The van der Waals surface area contributed by atoms with Gasteiger partial charge in [0.15, 0.2) is 5.96 Å². The van der Waals surface area contributed by atoms with Crippen molar-refractivity contribution in [2.24, 2.45) is 10.4 Å². The standard InChI is InChI=1S/C15H30N4O.HI/c1-4-10-17-13(20)7-11-18-14(16-3)19-12-15(5-2)8-6-9-15;/h4-12H2,1-3H3,(H,17,20)(H2,16,18,19);1H. The minimum absolute atomic E-state index is 0. The van der Waals surface area contributed by atoms with Gasteiger partial charge in [0.1, 0.15) is 0 Å². The van der Waals surface area contributed by atoms with Crippen LogP contribution < -0.4 is 16.0 Å². The van der Waals surface area contributed by atoms with Crippen molar-refractivity contribution in [2.75, 3.05) is 26.7 Å². The van der Waals surface area contributed by atoms with E-state index in [0.29, 0.717) is 18.4 Å². The maximum atomic E-state index is 11.5. The molecule has 0 radical (unpaired) electrons. The highest BCUT2D eigenvalue weighted by Gasteiger charge is 2.34. The normalized spacial score (nSPS) is 16.4. The molecule has 3 N–H and O–H groups in total. The van der Waals surface area contributed by atoms with Crippen LogP contribution in [0.25, 0.3) is 0 Å². The molecule has 0 atom stereocenters. The number of hydrogen-bond acceptors (Lipinski definition) is 2. The summed E-state index contributed by atoms with van der Waals surface area (Å²) in [5, 5.41) is 9.46. The highest BCUT2D eigenvalue weighted by atomic mass is 127. The maximum absolute atomic E-state index is 11.5. The predicted molar refractivity (Wildman–Crippen MR) is 99.3 cm³/mol. The molecule has 1 saturated carbocycles. The molecule has 0 unspecified atom stereocenters. The van der Waals surface area contributed by atoms with E-state index >= 15 is 0 Å². The van der Waals surface area contributed by atoms with Crippen molar-refractivity contribution >= 4 is 35.8 Å². The van der Waals surface area contributed by atoms with Gasteiger partial charge in [-0.3, -0.25) is 9.79 Å². The van der Waals surface area contributed by atoms with Gasteiger partial charge in [0.05, 0.1) is 0 Å². The summed E-state index contributed by atoms with van der Waals surface area (Å²) in [7, 11) is 1.77. The summed E-state index contributed by atoms with van der Waals surface area (Å²) in [5.74, 6) is 0.895. The summed E-state index contributed by atoms with van der Waals surface area (Å²) in [5.41, 5.74) is 0.468. The Bertz CT molecular complexity index is 324. The number of nitrogens with one attached hydrogen (secondary N) is 3. The average molecular weight is 410 g/mol. The van der Waals surface area contributed by atoms with Crippen molar-refractivity contribution < 1.29 is 4.79 Å². The molecule has 1 fully saturated rings. The number of halogens is 1. The van der Waals surface area contributed by atoms with E-state index in [1.807, 2.05) is 6.92 Å². The van der Waals surface area contributed by atoms with Crippen LogP contribution >= 0.6 is 24.0 Å². The summed E-state index contributed by atoms with van der Waals surface area (Å²) >= 11 is 0. The molecule has 0 aromatic rings. The molecule has 5 nitrogen and oxygen atoms in total. The third-order valence-electron chi connectivity index (χ3n) is 4.24. The van der Waals surface area contributed by atoms with E-state index in [1.165, 1.54) is 25.7 Å². The molecule has 1 amide bonds. The van der Waals surface area contributed by atoms with Gasteiger partial charge in [0.25, 0.3) is 0 Å². The van der Waals surface area contributed by atoms with E-state index in [1.54, 1.807) is 7.05 Å². The van der Waals surface area contributed by atoms with Gasteiger partial charge in [0.2, 0.25) is 5.91 Å². The fourth-order valence-corrected chi connectivity index (χ4v) is 2.47. The number of carbonyl (C=O) groups excluding carboxylic acids is 1. The van der Waals surface area contributed by atoms with E-state index in [9.17, 15) is 4.79 Å². The second kappa shape index (κ2) is 11.1. The number of hydrogen-bond donors (Lipinski definition) is 3. The molecule has 6 heteroatoms. The van der Waals surface area contributed by atoms with Crippen molar-refractivity contribution in [2.45, 2.75) is 52.4 Å². The summed E-state index contributed by atoms with van der Waals surface area (Å²) < 4.78 is 0. The Morgan fingerprint density at radius 1 is 1.14 bits per heavy atom. The van der Waals surface area contributed by atoms with Crippen LogP contribution in [0.4, 0.5) is 0 Å². The molecule has 0 aromatic heterocycles. The van der Waals surface area contributed by atoms with Crippen LogP contribution in [0, 0.1) is 5.41 Å². The van der Waals surface area contributed by atoms with Gasteiger partial charge in [-0.25, -0.2) is 0 Å². The SMILES string of the molecule is CCCNC(=O)CCNC(=NC)NCC1(CC)CCC1.I. The lowest BCUT2D eigenvalue weighted by Gasteiger charge is -2.41. The summed E-state index contributed by atoms with van der Waals surface area (Å²) in [6.45, 7) is 6.66. The minimum atomic E-state index is 0. The van der Waals surface area contributed by atoms with Gasteiger partial charge < -0.3 is 16.0 Å². The third-order valence-corrected chi connectivity index (χ3v) is 4.24. The first-order chi connectivity index (χ1) is 9.65. The molecule has 21 heavy (non-hydrogen) atoms. The lowest BCUT2D eigenvalue weighted by molar-refractivity contribution is -0.120. The molecule has 0 bridgehead atoms. The highest BCUT2D eigenvalue weighted by Crippen LogP contribution is 2.42. The second-order valence-electron chi connectivity index (χ2n) is 5.66. The molecule has 1 aliphatic rings. The summed E-state index contributed by atoms with van der Waals surface area (Å²) in [4.78, 5) is 15.7. The van der Waals surface area contributed by atoms with Gasteiger partial charge >= 0.3 is 0 Å². The number of aliphatic imine (C=N–C) groups is 1. The Morgan fingerprint density at radius 2 is 1.86 bits per heavy atom. The largest absolute Gasteiger partial charge is 0.356 e. The van der Waals surface area contributed by atoms with E-state index in [4.69, 9.17) is 0 Å². The van der Waals surface area contributed by atoms with Crippen LogP contribution in [-0.2, 0) is 4.79 Å². The quantitative estimate of drug-likeness (QED) is 0.327. The molecule has 0 spiro atoms. The minimum Gasteiger partial charge on any atom is -0.356 e. The van der Waals surface area contributed by atoms with E-state index in [0.717, 1.165) is 25.5 Å². The fourth-order valence-electron chi connectivity index (χ4n) is 2.47. The van der Waals surface area contributed by atoms with Gasteiger partial charge in [-0.2, -0.15) is 0 Å². The van der Waals surface area contributed by atoms with Crippen LogP contribution in [0.3, 0.4) is 0 Å². The molecule has 0 aliphatic heterocycles. The van der Waals surface area contributed by atoms with E-state index in [2.05, 4.69) is 27.9 Å². The lowest BCUT2D eigenvalue weighted by Crippen LogP contribution is -2.46. The van der Waals surface area contributed by atoms with E-state index < -0.39 is 0 Å². The molecule has 1 aliphatic carbocycles. The molecular formula is C15H31IN4O. The van der Waals surface area contributed by atoms with Gasteiger partial charge in [-0.15, -0.1) is 24.0 Å². The predicted octanol–water partition coefficient (Wildman–Crippen LogP) is 2.27.